The van der Waals surface area contributed by atoms with Gasteiger partial charge in [0.2, 0.25) is 0 Å². The third-order valence-electron chi connectivity index (χ3n) is 5.33. The number of benzene rings is 1. The lowest BCUT2D eigenvalue weighted by molar-refractivity contribution is 0.624. The number of halogens is 1. The van der Waals surface area contributed by atoms with E-state index in [0.717, 1.165) is 42.4 Å². The molecule has 0 amide bonds. The number of nitrogens with one attached hydrogen (secondary N) is 2. The van der Waals surface area contributed by atoms with E-state index in [9.17, 15) is 4.39 Å². The second kappa shape index (κ2) is 6.64. The zero-order valence-corrected chi connectivity index (χ0v) is 14.9. The number of anilines is 3. The number of rotatable bonds is 5. The Morgan fingerprint density at radius 3 is 2.70 bits per heavy atom. The van der Waals surface area contributed by atoms with E-state index in [2.05, 4.69) is 36.4 Å². The highest BCUT2D eigenvalue weighted by molar-refractivity contribution is 5.57. The Balaban J connectivity index is 1.36. The molecule has 2 N–H and O–H groups in total. The van der Waals surface area contributed by atoms with Gasteiger partial charge in [0.25, 0.3) is 0 Å². The molecule has 27 heavy (non-hydrogen) atoms. The molecule has 1 aliphatic heterocycles. The number of hydrogen-bond donors (Lipinski definition) is 2. The Hall–Kier alpha value is -2.96. The first-order chi connectivity index (χ1) is 13.3. The summed E-state index contributed by atoms with van der Waals surface area (Å²) in [5, 5.41) is 10.7. The molecule has 2 fully saturated rings. The van der Waals surface area contributed by atoms with Gasteiger partial charge in [-0.15, -0.1) is 0 Å². The minimum absolute atomic E-state index is 0.207. The molecular formula is C20H21FN6. The molecule has 5 rings (SSSR count). The molecule has 3 aromatic rings. The van der Waals surface area contributed by atoms with E-state index < -0.39 is 0 Å². The third kappa shape index (κ3) is 3.37. The van der Waals surface area contributed by atoms with Crippen molar-refractivity contribution < 1.29 is 4.39 Å². The summed E-state index contributed by atoms with van der Waals surface area (Å²) in [5.74, 6) is 2.80. The lowest BCUT2D eigenvalue weighted by atomic mass is 10.0. The van der Waals surface area contributed by atoms with E-state index in [0.29, 0.717) is 5.92 Å². The maximum atomic E-state index is 13.3. The van der Waals surface area contributed by atoms with Crippen molar-refractivity contribution in [2.45, 2.75) is 37.6 Å². The normalized spacial score (nSPS) is 19.4. The molecule has 1 atom stereocenters. The fraction of sp³-hybridized carbons (Fsp3) is 0.350. The van der Waals surface area contributed by atoms with E-state index in [4.69, 9.17) is 0 Å². The predicted octanol–water partition coefficient (Wildman–Crippen LogP) is 4.30. The van der Waals surface area contributed by atoms with Crippen LogP contribution in [0.2, 0.25) is 0 Å². The topological polar surface area (TPSA) is 69.7 Å². The van der Waals surface area contributed by atoms with Gasteiger partial charge in [-0.1, -0.05) is 12.1 Å². The summed E-state index contributed by atoms with van der Waals surface area (Å²) < 4.78 is 13.3. The molecule has 0 radical (unpaired) electrons. The van der Waals surface area contributed by atoms with Crippen LogP contribution in [0.1, 0.15) is 48.9 Å². The van der Waals surface area contributed by atoms with Gasteiger partial charge in [0, 0.05) is 30.3 Å². The quantitative estimate of drug-likeness (QED) is 0.706. The Labute approximate surface area is 156 Å². The summed E-state index contributed by atoms with van der Waals surface area (Å²) in [6.07, 6.45) is 6.16. The van der Waals surface area contributed by atoms with Crippen LogP contribution in [-0.2, 0) is 0 Å². The minimum Gasteiger partial charge on any atom is -0.349 e. The summed E-state index contributed by atoms with van der Waals surface area (Å²) in [6.45, 7) is 0.923. The number of aromatic nitrogens is 4. The van der Waals surface area contributed by atoms with Crippen LogP contribution >= 0.6 is 0 Å². The highest BCUT2D eigenvalue weighted by Crippen LogP contribution is 2.40. The van der Waals surface area contributed by atoms with Gasteiger partial charge in [-0.05, 0) is 43.4 Å². The van der Waals surface area contributed by atoms with E-state index in [1.54, 1.807) is 6.33 Å². The first-order valence-electron chi connectivity index (χ1n) is 9.43. The van der Waals surface area contributed by atoms with Crippen molar-refractivity contribution in [2.24, 2.45) is 0 Å². The van der Waals surface area contributed by atoms with Crippen LogP contribution in [0.5, 0.6) is 0 Å². The molecule has 1 unspecified atom stereocenters. The van der Waals surface area contributed by atoms with E-state index in [1.807, 2.05) is 18.2 Å². The number of H-pyrrole nitrogens is 1. The van der Waals surface area contributed by atoms with Crippen molar-refractivity contribution >= 4 is 17.5 Å². The smallest absolute Gasteiger partial charge is 0.153 e. The number of nitrogens with zero attached hydrogens (tertiary/aromatic N) is 4. The minimum atomic E-state index is -0.207. The molecule has 138 valence electrons. The summed E-state index contributed by atoms with van der Waals surface area (Å²) in [7, 11) is 0. The maximum absolute atomic E-state index is 13.3. The van der Waals surface area contributed by atoms with Crippen LogP contribution in [0.25, 0.3) is 0 Å². The molecule has 7 heteroatoms. The maximum Gasteiger partial charge on any atom is 0.153 e. The van der Waals surface area contributed by atoms with Crippen LogP contribution in [0.15, 0.2) is 42.7 Å². The molecule has 0 spiro atoms. The molecule has 6 nitrogen and oxygen atoms in total. The molecule has 1 aromatic carbocycles. The average Bonchev–Trinajstić information content (AvgIpc) is 3.23. The molecule has 0 bridgehead atoms. The van der Waals surface area contributed by atoms with Gasteiger partial charge >= 0.3 is 0 Å². The standard InChI is InChI=1S/C20H21FN6/c21-15-7-5-14(6-8-15)17-2-1-9-27(17)20-11-18(22-12-23-20)24-19-10-16(25-26-19)13-3-4-13/h5-8,10-13,17H,1-4,9H2,(H2,22,23,24,25,26). The van der Waals surface area contributed by atoms with Crippen molar-refractivity contribution in [3.8, 4) is 0 Å². The summed E-state index contributed by atoms with van der Waals surface area (Å²) in [5.41, 5.74) is 2.30. The van der Waals surface area contributed by atoms with Crippen molar-refractivity contribution in [3.05, 3.63) is 59.8 Å². The Kier molecular flexibility index (Phi) is 3.99. The fourth-order valence-electron chi connectivity index (χ4n) is 3.78. The van der Waals surface area contributed by atoms with Crippen molar-refractivity contribution in [2.75, 3.05) is 16.8 Å². The molecule has 3 heterocycles. The van der Waals surface area contributed by atoms with Crippen LogP contribution in [0.4, 0.5) is 21.8 Å². The summed E-state index contributed by atoms with van der Waals surface area (Å²) >= 11 is 0. The van der Waals surface area contributed by atoms with Crippen LogP contribution in [-0.4, -0.2) is 26.7 Å². The monoisotopic (exact) mass is 364 g/mol. The van der Waals surface area contributed by atoms with E-state index in [1.165, 1.54) is 30.7 Å². The van der Waals surface area contributed by atoms with Gasteiger partial charge in [-0.25, -0.2) is 14.4 Å². The highest BCUT2D eigenvalue weighted by atomic mass is 19.1. The van der Waals surface area contributed by atoms with Crippen molar-refractivity contribution in [1.29, 1.82) is 0 Å². The van der Waals surface area contributed by atoms with Crippen LogP contribution < -0.4 is 10.2 Å². The highest BCUT2D eigenvalue weighted by Gasteiger charge is 2.28. The SMILES string of the molecule is Fc1ccc(C2CCCN2c2cc(Nc3cc(C4CC4)[nH]n3)ncn2)cc1. The number of hydrogen-bond acceptors (Lipinski definition) is 5. The first-order valence-corrected chi connectivity index (χ1v) is 9.43. The Morgan fingerprint density at radius 2 is 1.89 bits per heavy atom. The Bertz CT molecular complexity index is 934. The third-order valence-corrected chi connectivity index (χ3v) is 5.33. The predicted molar refractivity (Wildman–Crippen MR) is 102 cm³/mol. The number of aromatic amines is 1. The average molecular weight is 364 g/mol. The molecule has 1 aliphatic carbocycles. The van der Waals surface area contributed by atoms with Crippen molar-refractivity contribution in [1.82, 2.24) is 20.2 Å². The summed E-state index contributed by atoms with van der Waals surface area (Å²) in [6, 6.07) is 11.0. The van der Waals surface area contributed by atoms with Gasteiger partial charge in [0.15, 0.2) is 5.82 Å². The molecule has 1 saturated heterocycles. The zero-order valence-electron chi connectivity index (χ0n) is 14.9. The summed E-state index contributed by atoms with van der Waals surface area (Å²) in [4.78, 5) is 11.1. The van der Waals surface area contributed by atoms with Crippen molar-refractivity contribution in [3.63, 3.8) is 0 Å². The largest absolute Gasteiger partial charge is 0.349 e. The lowest BCUT2D eigenvalue weighted by Crippen LogP contribution is -2.23. The second-order valence-electron chi connectivity index (χ2n) is 7.27. The lowest BCUT2D eigenvalue weighted by Gasteiger charge is -2.26. The van der Waals surface area contributed by atoms with Gasteiger partial charge in [-0.3, -0.25) is 5.10 Å². The molecule has 2 aliphatic rings. The van der Waals surface area contributed by atoms with Gasteiger partial charge in [0.1, 0.15) is 23.8 Å². The van der Waals surface area contributed by atoms with Gasteiger partial charge in [0.05, 0.1) is 6.04 Å². The molecule has 1 saturated carbocycles. The fourth-order valence-corrected chi connectivity index (χ4v) is 3.78. The van der Waals surface area contributed by atoms with Crippen LogP contribution in [0.3, 0.4) is 0 Å². The Morgan fingerprint density at radius 1 is 1.04 bits per heavy atom. The molecule has 2 aromatic heterocycles. The molecular weight excluding hydrogens is 343 g/mol. The van der Waals surface area contributed by atoms with Gasteiger partial charge in [-0.2, -0.15) is 5.10 Å². The van der Waals surface area contributed by atoms with E-state index in [-0.39, 0.29) is 11.9 Å². The second-order valence-corrected chi connectivity index (χ2v) is 7.27. The van der Waals surface area contributed by atoms with E-state index >= 15 is 0 Å². The van der Waals surface area contributed by atoms with Crippen LogP contribution in [0, 0.1) is 5.82 Å². The zero-order chi connectivity index (χ0) is 18.2. The first kappa shape index (κ1) is 16.2. The van der Waals surface area contributed by atoms with Gasteiger partial charge < -0.3 is 10.2 Å².